The van der Waals surface area contributed by atoms with Crippen molar-refractivity contribution in [3.05, 3.63) is 28.8 Å². The Morgan fingerprint density at radius 3 is 2.18 bits per heavy atom. The summed E-state index contributed by atoms with van der Waals surface area (Å²) >= 11 is 6.39. The number of likely N-dealkylation sites (tertiary alicyclic amines) is 1. The van der Waals surface area contributed by atoms with Crippen molar-refractivity contribution in [1.29, 1.82) is 0 Å². The fourth-order valence-corrected chi connectivity index (χ4v) is 5.21. The number of anilines is 1. The zero-order chi connectivity index (χ0) is 25.1. The average Bonchev–Trinajstić information content (AvgIpc) is 2.77. The van der Waals surface area contributed by atoms with E-state index < -0.39 is 12.1 Å². The van der Waals surface area contributed by atoms with E-state index in [9.17, 15) is 18.0 Å². The first-order valence-corrected chi connectivity index (χ1v) is 11.8. The lowest BCUT2D eigenvalue weighted by molar-refractivity contribution is -0.192. The topological polar surface area (TPSA) is 76.1 Å². The van der Waals surface area contributed by atoms with Crippen LogP contribution in [0.1, 0.15) is 36.0 Å². The maximum absolute atomic E-state index is 12.2. The van der Waals surface area contributed by atoms with Crippen LogP contribution in [0.3, 0.4) is 0 Å². The summed E-state index contributed by atoms with van der Waals surface area (Å²) in [4.78, 5) is 27.7. The van der Waals surface area contributed by atoms with Crippen molar-refractivity contribution in [2.45, 2.75) is 37.9 Å². The van der Waals surface area contributed by atoms with E-state index in [0.29, 0.717) is 16.0 Å². The van der Waals surface area contributed by atoms with E-state index >= 15 is 0 Å². The van der Waals surface area contributed by atoms with Crippen molar-refractivity contribution in [2.75, 3.05) is 58.3 Å². The number of nitrogens with one attached hydrogen (secondary N) is 1. The highest BCUT2D eigenvalue weighted by Gasteiger charge is 2.46. The number of benzene rings is 1. The monoisotopic (exact) mass is 504 g/mol. The Hall–Kier alpha value is -2.04. The van der Waals surface area contributed by atoms with Crippen molar-refractivity contribution in [3.8, 4) is 0 Å². The smallest absolute Gasteiger partial charge is 0.475 e. The van der Waals surface area contributed by atoms with E-state index in [2.05, 4.69) is 15.1 Å². The molecule has 7 nitrogen and oxygen atoms in total. The first-order valence-electron chi connectivity index (χ1n) is 11.4. The summed E-state index contributed by atoms with van der Waals surface area (Å²) in [5.41, 5.74) is 2.32. The van der Waals surface area contributed by atoms with Crippen LogP contribution in [-0.4, -0.2) is 92.4 Å². The Bertz CT molecular complexity index is 875. The van der Waals surface area contributed by atoms with Gasteiger partial charge in [0, 0.05) is 52.0 Å². The molecule has 3 aliphatic rings. The summed E-state index contributed by atoms with van der Waals surface area (Å²) in [5.74, 6) is -2.80. The summed E-state index contributed by atoms with van der Waals surface area (Å²) < 4.78 is 31.7. The van der Waals surface area contributed by atoms with E-state index in [1.807, 2.05) is 18.2 Å². The van der Waals surface area contributed by atoms with Gasteiger partial charge in [-0.2, -0.15) is 13.2 Å². The van der Waals surface area contributed by atoms with E-state index in [1.54, 1.807) is 19.0 Å². The van der Waals surface area contributed by atoms with Crippen LogP contribution in [0.15, 0.2) is 18.2 Å². The number of carbonyl (C=O) groups excluding carboxylic acids is 1. The number of carboxylic acid groups (broad SMARTS) is 1. The van der Waals surface area contributed by atoms with Crippen LogP contribution in [-0.2, 0) is 4.79 Å². The normalized spacial score (nSPS) is 20.8. The van der Waals surface area contributed by atoms with E-state index in [4.69, 9.17) is 21.5 Å². The second kappa shape index (κ2) is 10.7. The summed E-state index contributed by atoms with van der Waals surface area (Å²) in [7, 11) is 3.50. The number of carboxylic acids is 1. The van der Waals surface area contributed by atoms with Crippen molar-refractivity contribution in [3.63, 3.8) is 0 Å². The third-order valence-corrected chi connectivity index (χ3v) is 7.23. The minimum atomic E-state index is -5.08. The van der Waals surface area contributed by atoms with Gasteiger partial charge in [-0.15, -0.1) is 0 Å². The summed E-state index contributed by atoms with van der Waals surface area (Å²) in [5, 5.41) is 11.2. The van der Waals surface area contributed by atoms with Crippen LogP contribution in [0.2, 0.25) is 5.02 Å². The molecule has 0 saturated carbocycles. The summed E-state index contributed by atoms with van der Waals surface area (Å²) in [6.07, 6.45) is 0.0341. The molecular weight excluding hydrogens is 473 g/mol. The first kappa shape index (κ1) is 26.6. The number of nitrogens with zero attached hydrogens (tertiary/aromatic N) is 3. The molecule has 2 N–H and O–H groups in total. The highest BCUT2D eigenvalue weighted by atomic mass is 35.5. The van der Waals surface area contributed by atoms with Crippen LogP contribution in [0, 0.1) is 5.41 Å². The fourth-order valence-electron chi connectivity index (χ4n) is 4.95. The molecule has 0 atom stereocenters. The number of amides is 1. The fraction of sp³-hybridized carbons (Fsp3) is 0.652. The van der Waals surface area contributed by atoms with E-state index in [-0.39, 0.29) is 5.91 Å². The molecule has 0 bridgehead atoms. The van der Waals surface area contributed by atoms with Gasteiger partial charge in [0.1, 0.15) is 0 Å². The van der Waals surface area contributed by atoms with Gasteiger partial charge in [-0.3, -0.25) is 9.69 Å². The lowest BCUT2D eigenvalue weighted by Gasteiger charge is -2.56. The number of rotatable bonds is 3. The molecule has 0 unspecified atom stereocenters. The molecule has 3 aliphatic heterocycles. The van der Waals surface area contributed by atoms with Crippen LogP contribution in [0.25, 0.3) is 0 Å². The molecule has 4 rings (SSSR count). The number of carbonyl (C=O) groups is 2. The molecule has 1 aromatic rings. The Labute approximate surface area is 202 Å². The standard InChI is InChI=1S/C21H31ClN4O.C2HF3O2/c1-24(2)20(27)18-4-3-17(13-19(18)22)25-11-5-16(6-12-25)26-14-21(15-26)7-9-23-10-8-21;3-2(4,5)1(6)7/h3-4,13,16,23H,5-12,14-15H2,1-2H3;(H,6,7). The number of aliphatic carboxylic acids is 1. The third kappa shape index (κ3) is 6.34. The van der Waals surface area contributed by atoms with Crippen molar-refractivity contribution in [2.24, 2.45) is 5.41 Å². The zero-order valence-electron chi connectivity index (χ0n) is 19.5. The van der Waals surface area contributed by atoms with Gasteiger partial charge in [-0.1, -0.05) is 11.6 Å². The SMILES string of the molecule is CN(C)C(=O)c1ccc(N2CCC(N3CC4(CCNCC4)C3)CC2)cc1Cl.O=C(O)C(F)(F)F. The van der Waals surface area contributed by atoms with Gasteiger partial charge in [-0.05, 0) is 62.4 Å². The van der Waals surface area contributed by atoms with Crippen molar-refractivity contribution in [1.82, 2.24) is 15.1 Å². The lowest BCUT2D eigenvalue weighted by atomic mass is 9.71. The van der Waals surface area contributed by atoms with Gasteiger partial charge < -0.3 is 20.2 Å². The largest absolute Gasteiger partial charge is 0.490 e. The molecular formula is C23H32ClF3N4O3. The van der Waals surface area contributed by atoms with E-state index in [1.165, 1.54) is 51.9 Å². The predicted octanol–water partition coefficient (Wildman–Crippen LogP) is 3.33. The van der Waals surface area contributed by atoms with Gasteiger partial charge >= 0.3 is 12.1 Å². The molecule has 3 fully saturated rings. The highest BCUT2D eigenvalue weighted by molar-refractivity contribution is 6.34. The van der Waals surface area contributed by atoms with Gasteiger partial charge in [-0.25, -0.2) is 4.79 Å². The van der Waals surface area contributed by atoms with Crippen LogP contribution in [0.4, 0.5) is 18.9 Å². The highest BCUT2D eigenvalue weighted by Crippen LogP contribution is 2.41. The maximum atomic E-state index is 12.2. The van der Waals surface area contributed by atoms with Gasteiger partial charge in [0.2, 0.25) is 0 Å². The van der Waals surface area contributed by atoms with Crippen LogP contribution >= 0.6 is 11.6 Å². The Balaban J connectivity index is 0.000000406. The first-order chi connectivity index (χ1) is 15.9. The maximum Gasteiger partial charge on any atom is 0.490 e. The third-order valence-electron chi connectivity index (χ3n) is 6.92. The number of hydrogen-bond donors (Lipinski definition) is 2. The summed E-state index contributed by atoms with van der Waals surface area (Å²) in [6.45, 7) is 7.11. The zero-order valence-corrected chi connectivity index (χ0v) is 20.3. The molecule has 0 aromatic heterocycles. The molecule has 1 spiro atoms. The van der Waals surface area contributed by atoms with Crippen molar-refractivity contribution >= 4 is 29.2 Å². The van der Waals surface area contributed by atoms with Crippen LogP contribution in [0.5, 0.6) is 0 Å². The number of alkyl halides is 3. The Kier molecular flexibility index (Phi) is 8.36. The molecule has 3 heterocycles. The number of piperidine rings is 2. The summed E-state index contributed by atoms with van der Waals surface area (Å²) in [6, 6.07) is 6.58. The molecule has 1 amide bonds. The lowest BCUT2D eigenvalue weighted by Crippen LogP contribution is -2.63. The molecule has 190 valence electrons. The predicted molar refractivity (Wildman–Crippen MR) is 125 cm³/mol. The molecule has 0 radical (unpaired) electrons. The van der Waals surface area contributed by atoms with E-state index in [0.717, 1.165) is 24.8 Å². The minimum absolute atomic E-state index is 0.0464. The number of hydrogen-bond acceptors (Lipinski definition) is 5. The molecule has 1 aromatic carbocycles. The Morgan fingerprint density at radius 2 is 1.71 bits per heavy atom. The second-order valence-corrected chi connectivity index (χ2v) is 9.95. The molecule has 11 heteroatoms. The molecule has 34 heavy (non-hydrogen) atoms. The molecule has 0 aliphatic carbocycles. The minimum Gasteiger partial charge on any atom is -0.475 e. The Morgan fingerprint density at radius 1 is 1.15 bits per heavy atom. The molecule has 3 saturated heterocycles. The number of halogens is 4. The van der Waals surface area contributed by atoms with Gasteiger partial charge in [0.15, 0.2) is 0 Å². The van der Waals surface area contributed by atoms with Gasteiger partial charge in [0.25, 0.3) is 5.91 Å². The second-order valence-electron chi connectivity index (χ2n) is 9.54. The van der Waals surface area contributed by atoms with Crippen molar-refractivity contribution < 1.29 is 27.9 Å². The average molecular weight is 505 g/mol. The quantitative estimate of drug-likeness (QED) is 0.657. The van der Waals surface area contributed by atoms with Gasteiger partial charge in [0.05, 0.1) is 10.6 Å². The van der Waals surface area contributed by atoms with Crippen LogP contribution < -0.4 is 10.2 Å².